The van der Waals surface area contributed by atoms with Crippen LogP contribution in [0.2, 0.25) is 0 Å². The van der Waals surface area contributed by atoms with Crippen LogP contribution in [0.4, 0.5) is 0 Å². The van der Waals surface area contributed by atoms with E-state index in [0.29, 0.717) is 16.0 Å². The van der Waals surface area contributed by atoms with Gasteiger partial charge in [-0.05, 0) is 17.7 Å². The second kappa shape index (κ2) is 4.85. The Labute approximate surface area is 110 Å². The van der Waals surface area contributed by atoms with E-state index in [0.717, 1.165) is 5.56 Å². The lowest BCUT2D eigenvalue weighted by molar-refractivity contribution is 0.109. The molecule has 0 atom stereocenters. The Hall–Kier alpha value is -1.39. The Morgan fingerprint density at radius 1 is 1.06 bits per heavy atom. The highest BCUT2D eigenvalue weighted by Gasteiger charge is 2.16. The number of carbonyl (C=O) groups is 1. The Morgan fingerprint density at radius 2 is 1.71 bits per heavy atom. The minimum atomic E-state index is -0.382. The van der Waals surface area contributed by atoms with Crippen molar-refractivity contribution in [3.63, 3.8) is 0 Å². The number of thiol groups is 2. The van der Waals surface area contributed by atoms with E-state index in [9.17, 15) is 9.90 Å². The molecule has 0 fully saturated rings. The second-order valence-electron chi connectivity index (χ2n) is 3.53. The number of carbonyl (C=O) groups excluding carboxylic acids is 1. The van der Waals surface area contributed by atoms with Crippen molar-refractivity contribution in [1.29, 1.82) is 0 Å². The zero-order valence-corrected chi connectivity index (χ0v) is 10.6. The van der Waals surface area contributed by atoms with Gasteiger partial charge < -0.3 is 5.11 Å². The molecule has 0 spiro atoms. The van der Waals surface area contributed by atoms with Crippen LogP contribution >= 0.6 is 25.3 Å². The van der Waals surface area contributed by atoms with E-state index in [1.807, 2.05) is 30.3 Å². The first kappa shape index (κ1) is 12.1. The summed E-state index contributed by atoms with van der Waals surface area (Å²) in [5.41, 5.74) is 1.60. The van der Waals surface area contributed by atoms with Crippen molar-refractivity contribution in [2.45, 2.75) is 4.90 Å². The third-order valence-corrected chi connectivity index (χ3v) is 3.05. The highest BCUT2D eigenvalue weighted by atomic mass is 32.1. The summed E-state index contributed by atoms with van der Waals surface area (Å²) in [5.74, 6) is -0.000525. The van der Waals surface area contributed by atoms with E-state index < -0.39 is 0 Å². The van der Waals surface area contributed by atoms with Crippen molar-refractivity contribution in [2.75, 3.05) is 0 Å². The lowest BCUT2D eigenvalue weighted by Gasteiger charge is -2.10. The Kier molecular flexibility index (Phi) is 3.45. The Balaban J connectivity index is 2.74. The van der Waals surface area contributed by atoms with Crippen LogP contribution in [0.3, 0.4) is 0 Å². The quantitative estimate of drug-likeness (QED) is 0.725. The molecule has 0 aliphatic rings. The van der Waals surface area contributed by atoms with E-state index in [2.05, 4.69) is 25.3 Å². The molecule has 1 N–H and O–H groups in total. The molecule has 0 aromatic heterocycles. The summed E-state index contributed by atoms with van der Waals surface area (Å²) >= 11 is 7.96. The summed E-state index contributed by atoms with van der Waals surface area (Å²) in [6.45, 7) is 0. The van der Waals surface area contributed by atoms with Gasteiger partial charge in [0.05, 0.1) is 0 Å². The highest BCUT2D eigenvalue weighted by molar-refractivity contribution is 7.97. The molecule has 0 bridgehead atoms. The monoisotopic (exact) mass is 262 g/mol. The van der Waals surface area contributed by atoms with Crippen molar-refractivity contribution in [1.82, 2.24) is 0 Å². The van der Waals surface area contributed by atoms with E-state index >= 15 is 0 Å². The fourth-order valence-electron chi connectivity index (χ4n) is 1.66. The number of hydrogen-bond donors (Lipinski definition) is 3. The first-order valence-electron chi connectivity index (χ1n) is 4.95. The second-order valence-corrected chi connectivity index (χ2v) is 4.42. The van der Waals surface area contributed by atoms with Crippen molar-refractivity contribution >= 4 is 30.4 Å². The minimum absolute atomic E-state index is 0.000525. The Morgan fingerprint density at radius 3 is 2.29 bits per heavy atom. The molecule has 4 heteroatoms. The summed E-state index contributed by atoms with van der Waals surface area (Å²) in [4.78, 5) is 11.9. The van der Waals surface area contributed by atoms with Gasteiger partial charge in [0.15, 0.2) is 0 Å². The summed E-state index contributed by atoms with van der Waals surface area (Å²) in [5, 5.41) is 9.64. The summed E-state index contributed by atoms with van der Waals surface area (Å²) in [7, 11) is 0. The van der Waals surface area contributed by atoms with Crippen LogP contribution in [-0.4, -0.2) is 10.2 Å². The van der Waals surface area contributed by atoms with E-state index in [-0.39, 0.29) is 10.9 Å². The molecular weight excluding hydrogens is 252 g/mol. The molecule has 0 heterocycles. The van der Waals surface area contributed by atoms with Gasteiger partial charge in [0.2, 0.25) is 5.12 Å². The van der Waals surface area contributed by atoms with Crippen LogP contribution < -0.4 is 0 Å². The van der Waals surface area contributed by atoms with Gasteiger partial charge in [-0.25, -0.2) is 0 Å². The molecule has 2 rings (SSSR count). The Bertz CT molecular complexity index is 565. The number of hydrogen-bond acceptors (Lipinski definition) is 3. The molecular formula is C13H10O2S2. The third kappa shape index (κ3) is 2.33. The van der Waals surface area contributed by atoms with Crippen LogP contribution in [0.25, 0.3) is 11.1 Å². The van der Waals surface area contributed by atoms with Gasteiger partial charge in [-0.1, -0.05) is 30.3 Å². The smallest absolute Gasteiger partial charge is 0.217 e. The van der Waals surface area contributed by atoms with Gasteiger partial charge in [0.25, 0.3) is 0 Å². The molecule has 2 nitrogen and oxygen atoms in total. The zero-order valence-electron chi connectivity index (χ0n) is 8.79. The zero-order chi connectivity index (χ0) is 12.4. The van der Waals surface area contributed by atoms with Gasteiger partial charge in [0, 0.05) is 16.0 Å². The summed E-state index contributed by atoms with van der Waals surface area (Å²) < 4.78 is 0. The number of phenols is 1. The van der Waals surface area contributed by atoms with Crippen LogP contribution in [0, 0.1) is 0 Å². The molecule has 17 heavy (non-hydrogen) atoms. The van der Waals surface area contributed by atoms with Crippen molar-refractivity contribution in [3.8, 4) is 16.9 Å². The molecule has 2 aromatic rings. The van der Waals surface area contributed by atoms with E-state index in [1.165, 1.54) is 0 Å². The predicted octanol–water partition coefficient (Wildman–Crippen LogP) is 3.42. The molecule has 0 unspecified atom stereocenters. The van der Waals surface area contributed by atoms with Crippen LogP contribution in [0.15, 0.2) is 47.4 Å². The molecule has 86 valence electrons. The molecule has 0 aliphatic heterocycles. The normalized spacial score (nSPS) is 10.2. The predicted molar refractivity (Wildman–Crippen MR) is 74.1 cm³/mol. The van der Waals surface area contributed by atoms with Gasteiger partial charge in [-0.2, -0.15) is 0 Å². The summed E-state index contributed by atoms with van der Waals surface area (Å²) in [6, 6.07) is 12.4. The van der Waals surface area contributed by atoms with Crippen molar-refractivity contribution in [3.05, 3.63) is 48.0 Å². The molecule has 0 aliphatic carbocycles. The average molecular weight is 262 g/mol. The maximum absolute atomic E-state index is 11.4. The topological polar surface area (TPSA) is 37.3 Å². The first-order chi connectivity index (χ1) is 8.11. The molecule has 2 aromatic carbocycles. The number of rotatable bonds is 2. The van der Waals surface area contributed by atoms with Crippen LogP contribution in [0.5, 0.6) is 5.75 Å². The molecule has 0 amide bonds. The largest absolute Gasteiger partial charge is 0.506 e. The molecule has 0 radical (unpaired) electrons. The van der Waals surface area contributed by atoms with Crippen molar-refractivity contribution in [2.24, 2.45) is 0 Å². The van der Waals surface area contributed by atoms with Gasteiger partial charge in [-0.15, -0.1) is 25.3 Å². The van der Waals surface area contributed by atoms with Crippen LogP contribution in [0.1, 0.15) is 10.4 Å². The molecule has 0 saturated heterocycles. The number of benzene rings is 2. The number of aromatic hydroxyl groups is 1. The van der Waals surface area contributed by atoms with Gasteiger partial charge >= 0.3 is 0 Å². The summed E-state index contributed by atoms with van der Waals surface area (Å²) in [6.07, 6.45) is 0. The SMILES string of the molecule is O=C(S)c1ccc(S)c(O)c1-c1ccccc1. The number of phenolic OH excluding ortho intramolecular Hbond substituents is 1. The van der Waals surface area contributed by atoms with Gasteiger partial charge in [-0.3, -0.25) is 4.79 Å². The van der Waals surface area contributed by atoms with E-state index in [1.54, 1.807) is 12.1 Å². The highest BCUT2D eigenvalue weighted by Crippen LogP contribution is 2.37. The minimum Gasteiger partial charge on any atom is -0.506 e. The van der Waals surface area contributed by atoms with Crippen LogP contribution in [-0.2, 0) is 0 Å². The molecule has 0 saturated carbocycles. The van der Waals surface area contributed by atoms with Crippen molar-refractivity contribution < 1.29 is 9.90 Å². The maximum atomic E-state index is 11.4. The first-order valence-corrected chi connectivity index (χ1v) is 5.84. The van der Waals surface area contributed by atoms with E-state index in [4.69, 9.17) is 0 Å². The van der Waals surface area contributed by atoms with Gasteiger partial charge in [0.1, 0.15) is 5.75 Å². The standard InChI is InChI=1S/C13H10O2S2/c14-12-10(16)7-6-9(13(15)17)11(12)8-4-2-1-3-5-8/h1-7,14,16H,(H,15,17). The fraction of sp³-hybridized carbons (Fsp3) is 0. The fourth-order valence-corrected chi connectivity index (χ4v) is 2.03. The third-order valence-electron chi connectivity index (χ3n) is 2.45. The lowest BCUT2D eigenvalue weighted by Crippen LogP contribution is -1.94. The average Bonchev–Trinajstić information content (AvgIpc) is 2.33. The maximum Gasteiger partial charge on any atom is 0.217 e. The lowest BCUT2D eigenvalue weighted by atomic mass is 9.99.